The summed E-state index contributed by atoms with van der Waals surface area (Å²) >= 11 is 7.11. The Bertz CT molecular complexity index is 1650. The molecular weight excluding hydrogens is 636 g/mol. The second-order valence-electron chi connectivity index (χ2n) is 10.9. The number of hydrogen-bond acceptors (Lipinski definition) is 8. The lowest BCUT2D eigenvalue weighted by Gasteiger charge is -2.41. The largest absolute Gasteiger partial charge is 0.496 e. The van der Waals surface area contributed by atoms with E-state index in [2.05, 4.69) is 34.1 Å². The third-order valence-electron chi connectivity index (χ3n) is 7.98. The molecule has 1 fully saturated rings. The Morgan fingerprint density at radius 1 is 0.894 bits per heavy atom. The van der Waals surface area contributed by atoms with Crippen molar-refractivity contribution < 1.29 is 23.9 Å². The van der Waals surface area contributed by atoms with Gasteiger partial charge in [-0.3, -0.25) is 18.8 Å². The van der Waals surface area contributed by atoms with Crippen molar-refractivity contribution in [3.05, 3.63) is 124 Å². The highest BCUT2D eigenvalue weighted by Gasteiger charge is 2.36. The van der Waals surface area contributed by atoms with Gasteiger partial charge in [-0.05, 0) is 55.3 Å². The van der Waals surface area contributed by atoms with E-state index in [0.29, 0.717) is 31.2 Å². The molecule has 1 aliphatic rings. The summed E-state index contributed by atoms with van der Waals surface area (Å²) in [6.07, 6.45) is 1.53. The number of hydrogen-bond donors (Lipinski definition) is 0. The average molecular weight is 673 g/mol. The average Bonchev–Trinajstić information content (AvgIpc) is 3.11. The lowest BCUT2D eigenvalue weighted by atomic mass is 9.96. The molecule has 244 valence electrons. The number of methoxy groups -OCH3 is 1. The van der Waals surface area contributed by atoms with Crippen LogP contribution in [0.25, 0.3) is 0 Å². The standard InChI is InChI=1S/C36H37ClN4O5S/c1-4-46-36(44)30-16-11-19-38-33(30)47-41(35(43)29-18-17-28(37)24-31(29)45-3)25(2)34(42)40-22-20-39(21-23-40)32(26-12-7-5-8-13-26)27-14-9-6-10-15-27/h5-19,24-25,32H,4,20-23H2,1-3H3/t25-/m1/s1. The molecule has 0 bridgehead atoms. The van der Waals surface area contributed by atoms with Crippen molar-refractivity contribution in [2.24, 2.45) is 0 Å². The number of pyridine rings is 1. The fraction of sp³-hybridized carbons (Fsp3) is 0.278. The van der Waals surface area contributed by atoms with Crippen LogP contribution in [0.15, 0.2) is 102 Å². The zero-order valence-corrected chi connectivity index (χ0v) is 28.1. The first-order valence-corrected chi connectivity index (χ1v) is 16.6. The van der Waals surface area contributed by atoms with Crippen LogP contribution in [-0.4, -0.2) is 82.8 Å². The van der Waals surface area contributed by atoms with Crippen LogP contribution in [0.4, 0.5) is 0 Å². The van der Waals surface area contributed by atoms with Gasteiger partial charge in [0.15, 0.2) is 0 Å². The first-order valence-electron chi connectivity index (χ1n) is 15.4. The fourth-order valence-corrected chi connectivity index (χ4v) is 6.76. The number of carbonyl (C=O) groups excluding carboxylic acids is 3. The molecule has 5 rings (SSSR count). The normalized spacial score (nSPS) is 14.0. The SMILES string of the molecule is CCOC(=O)c1cccnc1SN(C(=O)c1ccc(Cl)cc1OC)[C@H](C)C(=O)N1CCN(C(c2ccccc2)c2ccccc2)CC1. The Morgan fingerprint density at radius 3 is 2.13 bits per heavy atom. The third kappa shape index (κ3) is 7.96. The smallest absolute Gasteiger partial charge is 0.340 e. The Morgan fingerprint density at radius 2 is 1.53 bits per heavy atom. The Hall–Kier alpha value is -4.38. The van der Waals surface area contributed by atoms with Gasteiger partial charge in [-0.1, -0.05) is 72.3 Å². The summed E-state index contributed by atoms with van der Waals surface area (Å²) in [4.78, 5) is 49.7. The van der Waals surface area contributed by atoms with E-state index in [1.54, 1.807) is 49.1 Å². The monoisotopic (exact) mass is 672 g/mol. The molecule has 0 N–H and O–H groups in total. The fourth-order valence-electron chi connectivity index (χ4n) is 5.63. The van der Waals surface area contributed by atoms with Crippen molar-refractivity contribution in [2.75, 3.05) is 39.9 Å². The van der Waals surface area contributed by atoms with Crippen LogP contribution in [0.5, 0.6) is 5.75 Å². The van der Waals surface area contributed by atoms with Gasteiger partial charge in [0, 0.05) is 49.3 Å². The molecule has 2 heterocycles. The maximum absolute atomic E-state index is 14.2. The lowest BCUT2D eigenvalue weighted by molar-refractivity contribution is -0.136. The Balaban J connectivity index is 1.40. The Labute approximate surface area is 284 Å². The first-order chi connectivity index (χ1) is 22.8. The minimum Gasteiger partial charge on any atom is -0.496 e. The second kappa shape index (κ2) is 15.9. The molecule has 1 aromatic heterocycles. The molecule has 1 atom stereocenters. The van der Waals surface area contributed by atoms with Gasteiger partial charge in [-0.25, -0.2) is 9.78 Å². The highest BCUT2D eigenvalue weighted by atomic mass is 35.5. The quantitative estimate of drug-likeness (QED) is 0.134. The zero-order valence-electron chi connectivity index (χ0n) is 26.5. The van der Waals surface area contributed by atoms with E-state index >= 15 is 0 Å². The Kier molecular flexibility index (Phi) is 11.5. The molecule has 2 amide bonds. The van der Waals surface area contributed by atoms with Crippen molar-refractivity contribution in [3.63, 3.8) is 0 Å². The topological polar surface area (TPSA) is 92.3 Å². The van der Waals surface area contributed by atoms with Crippen molar-refractivity contribution >= 4 is 41.3 Å². The van der Waals surface area contributed by atoms with E-state index in [1.165, 1.54) is 28.7 Å². The van der Waals surface area contributed by atoms with Gasteiger partial charge in [0.2, 0.25) is 5.91 Å². The number of carbonyl (C=O) groups is 3. The summed E-state index contributed by atoms with van der Waals surface area (Å²) in [5.41, 5.74) is 2.78. The van der Waals surface area contributed by atoms with Crippen LogP contribution in [0.1, 0.15) is 51.7 Å². The third-order valence-corrected chi connectivity index (χ3v) is 9.39. The first kappa shape index (κ1) is 34.0. The summed E-state index contributed by atoms with van der Waals surface area (Å²) in [6.45, 7) is 5.83. The number of piperazine rings is 1. The number of benzene rings is 3. The number of esters is 1. The van der Waals surface area contributed by atoms with Gasteiger partial charge < -0.3 is 14.4 Å². The van der Waals surface area contributed by atoms with Crippen LogP contribution in [0.2, 0.25) is 5.02 Å². The van der Waals surface area contributed by atoms with Crippen molar-refractivity contribution in [3.8, 4) is 5.75 Å². The molecule has 0 radical (unpaired) electrons. The molecule has 1 aliphatic heterocycles. The number of amides is 2. The van der Waals surface area contributed by atoms with Gasteiger partial charge in [0.25, 0.3) is 5.91 Å². The summed E-state index contributed by atoms with van der Waals surface area (Å²) in [5, 5.41) is 0.642. The predicted molar refractivity (Wildman–Crippen MR) is 183 cm³/mol. The maximum atomic E-state index is 14.2. The molecule has 4 aromatic rings. The zero-order chi connectivity index (χ0) is 33.3. The molecule has 11 heteroatoms. The highest BCUT2D eigenvalue weighted by Crippen LogP contribution is 2.34. The molecule has 0 aliphatic carbocycles. The van der Waals surface area contributed by atoms with Crippen LogP contribution in [0.3, 0.4) is 0 Å². The summed E-state index contributed by atoms with van der Waals surface area (Å²) < 4.78 is 12.1. The van der Waals surface area contributed by atoms with Gasteiger partial charge in [-0.2, -0.15) is 0 Å². The van der Waals surface area contributed by atoms with E-state index in [0.717, 1.165) is 11.9 Å². The molecular formula is C36H37ClN4O5S. The predicted octanol–water partition coefficient (Wildman–Crippen LogP) is 6.39. The molecule has 0 saturated carbocycles. The number of nitrogens with zero attached hydrogens (tertiary/aromatic N) is 4. The number of halogens is 1. The van der Waals surface area contributed by atoms with E-state index in [1.807, 2.05) is 36.4 Å². The second-order valence-corrected chi connectivity index (χ2v) is 12.3. The highest BCUT2D eigenvalue weighted by molar-refractivity contribution is 7.97. The van der Waals surface area contributed by atoms with Crippen molar-refractivity contribution in [2.45, 2.75) is 31.0 Å². The van der Waals surface area contributed by atoms with Gasteiger partial charge in [-0.15, -0.1) is 0 Å². The lowest BCUT2D eigenvalue weighted by Crippen LogP contribution is -2.54. The van der Waals surface area contributed by atoms with E-state index < -0.39 is 17.9 Å². The summed E-state index contributed by atoms with van der Waals surface area (Å²) in [6, 6.07) is 27.7. The summed E-state index contributed by atoms with van der Waals surface area (Å²) in [5.74, 6) is -1.01. The van der Waals surface area contributed by atoms with Crippen LogP contribution in [0, 0.1) is 0 Å². The van der Waals surface area contributed by atoms with E-state index in [9.17, 15) is 14.4 Å². The van der Waals surface area contributed by atoms with E-state index in [-0.39, 0.29) is 40.5 Å². The van der Waals surface area contributed by atoms with Crippen molar-refractivity contribution in [1.29, 1.82) is 0 Å². The van der Waals surface area contributed by atoms with Gasteiger partial charge in [0.05, 0.1) is 30.9 Å². The molecule has 9 nitrogen and oxygen atoms in total. The summed E-state index contributed by atoms with van der Waals surface area (Å²) in [7, 11) is 1.45. The number of ether oxygens (including phenoxy) is 2. The van der Waals surface area contributed by atoms with Crippen LogP contribution >= 0.6 is 23.5 Å². The minimum absolute atomic E-state index is 0.0449. The number of aromatic nitrogens is 1. The number of rotatable bonds is 11. The molecule has 0 unspecified atom stereocenters. The van der Waals surface area contributed by atoms with Crippen LogP contribution in [-0.2, 0) is 9.53 Å². The van der Waals surface area contributed by atoms with Gasteiger partial charge in [0.1, 0.15) is 16.8 Å². The molecule has 1 saturated heterocycles. The maximum Gasteiger partial charge on any atom is 0.340 e. The van der Waals surface area contributed by atoms with Crippen molar-refractivity contribution in [1.82, 2.24) is 19.1 Å². The minimum atomic E-state index is -0.921. The van der Waals surface area contributed by atoms with Gasteiger partial charge >= 0.3 is 5.97 Å². The van der Waals surface area contributed by atoms with Crippen LogP contribution < -0.4 is 4.74 Å². The molecule has 3 aromatic carbocycles. The molecule has 0 spiro atoms. The molecule has 47 heavy (non-hydrogen) atoms. The van der Waals surface area contributed by atoms with E-state index in [4.69, 9.17) is 21.1 Å².